The molecule has 0 aliphatic carbocycles. The zero-order valence-electron chi connectivity index (χ0n) is 37.9. The second kappa shape index (κ2) is 20.0. The van der Waals surface area contributed by atoms with Crippen LogP contribution in [0.5, 0.6) is 5.75 Å². The van der Waals surface area contributed by atoms with Gasteiger partial charge in [-0.25, -0.2) is 4.84 Å². The quantitative estimate of drug-likeness (QED) is 0.0718. The van der Waals surface area contributed by atoms with Crippen molar-refractivity contribution < 1.29 is 115 Å². The number of hydrogen-bond donors (Lipinski definition) is 0. The van der Waals surface area contributed by atoms with Gasteiger partial charge in [-0.1, -0.05) is 97.1 Å². The summed E-state index contributed by atoms with van der Waals surface area (Å²) in [6.45, 7) is 0. The molecule has 0 spiro atoms. The molecule has 8 aromatic rings. The van der Waals surface area contributed by atoms with Gasteiger partial charge in [0.15, 0.2) is 0 Å². The summed E-state index contributed by atoms with van der Waals surface area (Å²) in [5.41, 5.74) is -30.2. The first-order valence-electron chi connectivity index (χ1n) is 21.4. The topological polar surface area (TPSA) is 26.0 Å². The maximum atomic E-state index is 14.2. The monoisotopic (exact) mass is 1140 g/mol. The first kappa shape index (κ1) is 58.0. The Hall–Kier alpha value is -7.68. The van der Waals surface area contributed by atoms with Crippen molar-refractivity contribution in [2.75, 3.05) is 0 Å². The number of aromatic nitrogens is 2. The predicted octanol–water partition coefficient (Wildman–Crippen LogP) is 14.7. The van der Waals surface area contributed by atoms with Gasteiger partial charge in [-0.2, -0.15) is 127 Å². The van der Waals surface area contributed by atoms with Crippen LogP contribution in [0.1, 0.15) is 44.5 Å². The second-order valence-electron chi connectivity index (χ2n) is 17.1. The van der Waals surface area contributed by atoms with Crippen LogP contribution in [0.25, 0.3) is 21.5 Å². The Morgan fingerprint density at radius 2 is 0.564 bits per heavy atom. The summed E-state index contributed by atoms with van der Waals surface area (Å²) in [5, 5.41) is 4.70. The van der Waals surface area contributed by atoms with Gasteiger partial charge in [-0.15, -0.1) is 0 Å². The van der Waals surface area contributed by atoms with E-state index < -0.39 is 195 Å². The summed E-state index contributed by atoms with van der Waals surface area (Å²) in [5.74, 6) is 0.834. The highest BCUT2D eigenvalue weighted by Gasteiger charge is 2.47. The predicted molar refractivity (Wildman–Crippen MR) is 232 cm³/mol. The highest BCUT2D eigenvalue weighted by Crippen LogP contribution is 2.42. The summed E-state index contributed by atoms with van der Waals surface area (Å²) in [7, 11) is 0. The number of fused-ring (bicyclic) bond motifs is 3. The van der Waals surface area contributed by atoms with E-state index in [1.165, 1.54) is 16.2 Å². The van der Waals surface area contributed by atoms with E-state index in [0.29, 0.717) is 0 Å². The van der Waals surface area contributed by atoms with Gasteiger partial charge in [0, 0.05) is 10.1 Å². The molecule has 7 aromatic carbocycles. The third kappa shape index (κ3) is 12.4. The minimum atomic E-state index is -6.13. The number of alkyl halides is 24. The van der Waals surface area contributed by atoms with E-state index in [4.69, 9.17) is 4.84 Å². The molecule has 0 saturated heterocycles. The average molecular weight is 1140 g/mol. The Morgan fingerprint density at radius 3 is 0.846 bits per heavy atom. The maximum Gasteiger partial charge on any atom is 0.416 e. The molecule has 28 heteroatoms. The van der Waals surface area contributed by atoms with Crippen molar-refractivity contribution in [3.8, 4) is 5.75 Å². The van der Waals surface area contributed by atoms with Crippen molar-refractivity contribution in [1.29, 1.82) is 0 Å². The van der Waals surface area contributed by atoms with E-state index in [1.807, 2.05) is 12.1 Å². The highest BCUT2D eigenvalue weighted by molar-refractivity contribution is 7.20. The molecule has 0 aliphatic rings. The molecule has 0 N–H and O–H groups in total. The minimum absolute atomic E-state index is 0.691. The Morgan fingerprint density at radius 1 is 0.308 bits per heavy atom. The third-order valence-electron chi connectivity index (χ3n) is 12.0. The molecule has 1 aromatic heterocycles. The Bertz CT molecular complexity index is 3060. The van der Waals surface area contributed by atoms with Crippen molar-refractivity contribution in [2.45, 2.75) is 49.4 Å². The molecule has 0 atom stereocenters. The molecule has 3 nitrogen and oxygen atoms in total. The standard InChI is InChI=1S/C32H12BF24.C18H13N2O/c34-25(35,36)13-1-14(26(37,38)39)6-21(5-13)33(22-7-15(27(40,41)42)2-16(8-22)28(43,44)45,23-9-17(29(46,47)48)3-18(10-23)30(49,50)51)24-11-19(31(52,53)54)4-20(12-24)32(55,56)57;1-2-6-15-14(5-1)13-18(17-8-4-3-7-16(15)17)21-20-11-9-19-10-12-20/h1-12H;1-13H/q-1;+1. The molecule has 78 heavy (non-hydrogen) atoms. The van der Waals surface area contributed by atoms with Gasteiger partial charge in [0.2, 0.25) is 18.1 Å². The van der Waals surface area contributed by atoms with Crippen LogP contribution in [-0.4, -0.2) is 11.1 Å². The van der Waals surface area contributed by atoms with Crippen LogP contribution in [0.4, 0.5) is 105 Å². The average Bonchev–Trinajstić information content (AvgIpc) is 3.38. The van der Waals surface area contributed by atoms with E-state index in [1.54, 1.807) is 29.5 Å². The van der Waals surface area contributed by atoms with Crippen LogP contribution in [0.3, 0.4) is 0 Å². The Kier molecular flexibility index (Phi) is 14.8. The van der Waals surface area contributed by atoms with Crippen LogP contribution < -0.4 is 31.4 Å². The van der Waals surface area contributed by atoms with Crippen molar-refractivity contribution >= 4 is 49.5 Å². The molecule has 0 radical (unpaired) electrons. The molecule has 1 heterocycles. The summed E-state index contributed by atoms with van der Waals surface area (Å²) in [6, 6.07) is 9.90. The van der Waals surface area contributed by atoms with E-state index in [2.05, 4.69) is 47.4 Å². The molecule has 0 saturated carbocycles. The highest BCUT2D eigenvalue weighted by atomic mass is 19.4. The molecule has 0 fully saturated rings. The lowest BCUT2D eigenvalue weighted by Gasteiger charge is -2.46. The van der Waals surface area contributed by atoms with Crippen LogP contribution in [-0.2, 0) is 49.4 Å². The SMILES string of the molecule is FC(F)(F)c1cc([B-](c2cc(C(F)(F)F)cc(C(F)(F)F)c2)(c2cc(C(F)(F)F)cc(C(F)(F)F)c2)c2cc(C(F)(F)F)cc(C(F)(F)F)c2)cc(C(F)(F)F)c1.c1ccc2c(c1)cc(O[n+]1ccncc1)c1ccccc12. The fourth-order valence-electron chi connectivity index (χ4n) is 8.65. The molecular formula is C50H25BF24N2O. The van der Waals surface area contributed by atoms with Crippen LogP contribution >= 0.6 is 0 Å². The van der Waals surface area contributed by atoms with Crippen molar-refractivity contribution in [2.24, 2.45) is 0 Å². The van der Waals surface area contributed by atoms with Gasteiger partial charge in [-0.05, 0) is 46.5 Å². The lowest BCUT2D eigenvalue weighted by Crippen LogP contribution is -2.75. The molecule has 0 aliphatic heterocycles. The third-order valence-corrected chi connectivity index (χ3v) is 12.0. The summed E-state index contributed by atoms with van der Waals surface area (Å²) in [6.07, 6.45) is -47.8. The van der Waals surface area contributed by atoms with E-state index in [-0.39, 0.29) is 0 Å². The van der Waals surface area contributed by atoms with Crippen LogP contribution in [0, 0.1) is 0 Å². The van der Waals surface area contributed by atoms with Crippen molar-refractivity contribution in [1.82, 2.24) is 4.98 Å². The maximum absolute atomic E-state index is 14.2. The second-order valence-corrected chi connectivity index (χ2v) is 17.1. The van der Waals surface area contributed by atoms with Gasteiger partial charge in [0.05, 0.1) is 56.9 Å². The zero-order valence-corrected chi connectivity index (χ0v) is 37.9. The van der Waals surface area contributed by atoms with E-state index >= 15 is 0 Å². The normalized spacial score (nSPS) is 13.4. The molecule has 8 rings (SSSR count). The Balaban J connectivity index is 0.000000344. The number of halogens is 24. The fraction of sp³-hybridized carbons (Fsp3) is 0.160. The van der Waals surface area contributed by atoms with Crippen molar-refractivity contribution in [3.05, 3.63) is 197 Å². The summed E-state index contributed by atoms with van der Waals surface area (Å²) >= 11 is 0. The van der Waals surface area contributed by atoms with Crippen LogP contribution in [0.15, 0.2) is 152 Å². The Labute approximate surface area is 420 Å². The molecule has 412 valence electrons. The van der Waals surface area contributed by atoms with Crippen LogP contribution in [0.2, 0.25) is 0 Å². The van der Waals surface area contributed by atoms with Gasteiger partial charge in [0.25, 0.3) is 0 Å². The number of benzene rings is 7. The first-order chi connectivity index (χ1) is 35.7. The fourth-order valence-corrected chi connectivity index (χ4v) is 8.65. The molecule has 0 bridgehead atoms. The summed E-state index contributed by atoms with van der Waals surface area (Å²) in [4.78, 5) is 9.97. The lowest BCUT2D eigenvalue weighted by atomic mass is 9.12. The van der Waals surface area contributed by atoms with E-state index in [0.717, 1.165) is 11.1 Å². The van der Waals surface area contributed by atoms with Gasteiger partial charge < -0.3 is 0 Å². The van der Waals surface area contributed by atoms with Gasteiger partial charge >= 0.3 is 49.4 Å². The molecule has 0 unspecified atom stereocenters. The van der Waals surface area contributed by atoms with Crippen molar-refractivity contribution in [3.63, 3.8) is 0 Å². The number of nitrogens with zero attached hydrogens (tertiary/aromatic N) is 2. The molecular weight excluding hydrogens is 1110 g/mol. The van der Waals surface area contributed by atoms with Gasteiger partial charge in [-0.3, -0.25) is 4.98 Å². The molecule has 0 amide bonds. The van der Waals surface area contributed by atoms with E-state index in [9.17, 15) is 105 Å². The summed E-state index contributed by atoms with van der Waals surface area (Å²) < 4.78 is 342. The van der Waals surface area contributed by atoms with Gasteiger partial charge in [0.1, 0.15) is 6.15 Å². The number of rotatable bonds is 6. The number of hydrogen-bond acceptors (Lipinski definition) is 2. The first-order valence-corrected chi connectivity index (χ1v) is 21.4. The zero-order chi connectivity index (χ0) is 58.0. The smallest absolute Gasteiger partial charge is 0.252 e. The lowest BCUT2D eigenvalue weighted by molar-refractivity contribution is -0.875. The minimum Gasteiger partial charge on any atom is -0.252 e. The largest absolute Gasteiger partial charge is 0.416 e.